The molecule has 0 radical (unpaired) electrons. The van der Waals surface area contributed by atoms with Crippen molar-refractivity contribution in [2.45, 2.75) is 50.9 Å². The van der Waals surface area contributed by atoms with Crippen molar-refractivity contribution in [3.05, 3.63) is 12.7 Å². The van der Waals surface area contributed by atoms with Crippen LogP contribution in [-0.4, -0.2) is 30.7 Å². The molecular weight excluding hydrogens is 192 g/mol. The monoisotopic (exact) mass is 214 g/mol. The molecule has 0 aromatic rings. The van der Waals surface area contributed by atoms with E-state index in [9.17, 15) is 5.11 Å². The van der Waals surface area contributed by atoms with Crippen LogP contribution in [0.25, 0.3) is 0 Å². The topological polar surface area (TPSA) is 38.7 Å². The predicted molar refractivity (Wildman–Crippen MR) is 59.6 cm³/mol. The zero-order valence-corrected chi connectivity index (χ0v) is 9.36. The Morgan fingerprint density at radius 3 is 2.53 bits per heavy atom. The third-order valence-corrected chi connectivity index (χ3v) is 2.65. The second-order valence-electron chi connectivity index (χ2n) is 3.97. The third kappa shape index (κ3) is 5.92. The molecule has 1 aliphatic rings. The molecule has 1 heterocycles. The van der Waals surface area contributed by atoms with Gasteiger partial charge in [0.1, 0.15) is 0 Å². The molecular formula is C12H22O3. The molecule has 15 heavy (non-hydrogen) atoms. The molecule has 0 amide bonds. The first-order valence-electron chi connectivity index (χ1n) is 5.87. The lowest BCUT2D eigenvalue weighted by atomic mass is 10.1. The van der Waals surface area contributed by atoms with Gasteiger partial charge in [-0.25, -0.2) is 0 Å². The number of aliphatic hydroxyl groups is 1. The van der Waals surface area contributed by atoms with Gasteiger partial charge in [-0.1, -0.05) is 25.3 Å². The van der Waals surface area contributed by atoms with Crippen molar-refractivity contribution in [2.75, 3.05) is 13.2 Å². The Bertz CT molecular complexity index is 164. The molecule has 0 spiro atoms. The average molecular weight is 214 g/mol. The van der Waals surface area contributed by atoms with Crippen LogP contribution in [0.5, 0.6) is 0 Å². The molecule has 3 nitrogen and oxygen atoms in total. The summed E-state index contributed by atoms with van der Waals surface area (Å²) in [6.07, 6.45) is 7.72. The molecule has 1 aliphatic heterocycles. The van der Waals surface area contributed by atoms with E-state index < -0.39 is 0 Å². The van der Waals surface area contributed by atoms with Gasteiger partial charge in [-0.2, -0.15) is 0 Å². The minimum absolute atomic E-state index is 0.0452. The molecule has 88 valence electrons. The van der Waals surface area contributed by atoms with E-state index in [1.165, 1.54) is 6.42 Å². The van der Waals surface area contributed by atoms with Crippen molar-refractivity contribution < 1.29 is 14.6 Å². The van der Waals surface area contributed by atoms with Crippen LogP contribution in [-0.2, 0) is 9.47 Å². The highest BCUT2D eigenvalue weighted by Gasteiger charge is 2.14. The zero-order chi connectivity index (χ0) is 10.9. The van der Waals surface area contributed by atoms with Crippen molar-refractivity contribution in [3.63, 3.8) is 0 Å². The highest BCUT2D eigenvalue weighted by molar-refractivity contribution is 4.77. The molecule has 1 atom stereocenters. The van der Waals surface area contributed by atoms with Crippen LogP contribution in [0.1, 0.15) is 38.5 Å². The maximum Gasteiger partial charge on any atom is 0.157 e. The lowest BCUT2D eigenvalue weighted by Gasteiger charge is -2.08. The first-order valence-corrected chi connectivity index (χ1v) is 5.87. The standard InChI is InChI=1S/C12H22O3/c1-2-11(13)7-5-3-4-6-8-12-14-9-10-15-12/h2,11-13H,1,3-10H2. The van der Waals surface area contributed by atoms with Crippen LogP contribution < -0.4 is 0 Å². The number of ether oxygens (including phenoxy) is 2. The van der Waals surface area contributed by atoms with E-state index in [2.05, 4.69) is 6.58 Å². The SMILES string of the molecule is C=CC(O)CCCCCCC1OCCO1. The van der Waals surface area contributed by atoms with Crippen molar-refractivity contribution in [1.82, 2.24) is 0 Å². The third-order valence-electron chi connectivity index (χ3n) is 2.65. The molecule has 1 rings (SSSR count). The summed E-state index contributed by atoms with van der Waals surface area (Å²) in [6.45, 7) is 5.04. The number of unbranched alkanes of at least 4 members (excludes halogenated alkanes) is 3. The molecule has 1 saturated heterocycles. The molecule has 3 heteroatoms. The molecule has 0 aromatic carbocycles. The second kappa shape index (κ2) is 7.85. The maximum absolute atomic E-state index is 9.23. The minimum atomic E-state index is -0.327. The van der Waals surface area contributed by atoms with Gasteiger partial charge in [0.15, 0.2) is 6.29 Å². The molecule has 1 N–H and O–H groups in total. The molecule has 0 aromatic heterocycles. The first-order chi connectivity index (χ1) is 7.33. The van der Waals surface area contributed by atoms with Gasteiger partial charge < -0.3 is 14.6 Å². The summed E-state index contributed by atoms with van der Waals surface area (Å²) < 4.78 is 10.7. The zero-order valence-electron chi connectivity index (χ0n) is 9.36. The summed E-state index contributed by atoms with van der Waals surface area (Å²) >= 11 is 0. The van der Waals surface area contributed by atoms with Crippen LogP contribution in [0.15, 0.2) is 12.7 Å². The molecule has 1 fully saturated rings. The van der Waals surface area contributed by atoms with E-state index in [0.717, 1.165) is 45.3 Å². The second-order valence-corrected chi connectivity index (χ2v) is 3.97. The van der Waals surface area contributed by atoms with Crippen LogP contribution in [0.2, 0.25) is 0 Å². The molecule has 0 bridgehead atoms. The van der Waals surface area contributed by atoms with Gasteiger partial charge in [-0.15, -0.1) is 6.58 Å². The molecule has 0 aliphatic carbocycles. The lowest BCUT2D eigenvalue weighted by Crippen LogP contribution is -2.06. The van der Waals surface area contributed by atoms with Gasteiger partial charge in [0.2, 0.25) is 0 Å². The van der Waals surface area contributed by atoms with Gasteiger partial charge in [-0.3, -0.25) is 0 Å². The average Bonchev–Trinajstić information content (AvgIpc) is 2.75. The maximum atomic E-state index is 9.23. The summed E-state index contributed by atoms with van der Waals surface area (Å²) in [5.74, 6) is 0. The lowest BCUT2D eigenvalue weighted by molar-refractivity contribution is -0.0480. The summed E-state index contributed by atoms with van der Waals surface area (Å²) in [5, 5.41) is 9.23. The van der Waals surface area contributed by atoms with Gasteiger partial charge in [-0.05, 0) is 19.3 Å². The fraction of sp³-hybridized carbons (Fsp3) is 0.833. The van der Waals surface area contributed by atoms with Gasteiger partial charge >= 0.3 is 0 Å². The van der Waals surface area contributed by atoms with E-state index in [-0.39, 0.29) is 12.4 Å². The summed E-state index contributed by atoms with van der Waals surface area (Å²) in [4.78, 5) is 0. The first kappa shape index (κ1) is 12.7. The summed E-state index contributed by atoms with van der Waals surface area (Å²) in [7, 11) is 0. The van der Waals surface area contributed by atoms with E-state index in [1.807, 2.05) is 0 Å². The van der Waals surface area contributed by atoms with Crippen LogP contribution in [0.4, 0.5) is 0 Å². The predicted octanol–water partition coefficient (Wildman–Crippen LogP) is 2.25. The smallest absolute Gasteiger partial charge is 0.157 e. The fourth-order valence-electron chi connectivity index (χ4n) is 1.71. The van der Waals surface area contributed by atoms with E-state index in [4.69, 9.17) is 9.47 Å². The molecule has 0 saturated carbocycles. The highest BCUT2D eigenvalue weighted by atomic mass is 16.7. The normalized spacial score (nSPS) is 19.3. The Balaban J connectivity index is 1.82. The van der Waals surface area contributed by atoms with Gasteiger partial charge in [0.25, 0.3) is 0 Å². The van der Waals surface area contributed by atoms with Gasteiger partial charge in [0.05, 0.1) is 19.3 Å². The quantitative estimate of drug-likeness (QED) is 0.497. The van der Waals surface area contributed by atoms with Crippen LogP contribution in [0, 0.1) is 0 Å². The van der Waals surface area contributed by atoms with Gasteiger partial charge in [0, 0.05) is 0 Å². The summed E-state index contributed by atoms with van der Waals surface area (Å²) in [5.41, 5.74) is 0. The number of aliphatic hydroxyl groups excluding tert-OH is 1. The Labute approximate surface area is 92.1 Å². The Hall–Kier alpha value is -0.380. The Morgan fingerprint density at radius 2 is 1.87 bits per heavy atom. The van der Waals surface area contributed by atoms with E-state index >= 15 is 0 Å². The fourth-order valence-corrected chi connectivity index (χ4v) is 1.71. The Morgan fingerprint density at radius 1 is 1.20 bits per heavy atom. The highest BCUT2D eigenvalue weighted by Crippen LogP contribution is 2.14. The van der Waals surface area contributed by atoms with Crippen molar-refractivity contribution in [3.8, 4) is 0 Å². The largest absolute Gasteiger partial charge is 0.389 e. The van der Waals surface area contributed by atoms with E-state index in [1.54, 1.807) is 6.08 Å². The van der Waals surface area contributed by atoms with E-state index in [0.29, 0.717) is 0 Å². The summed E-state index contributed by atoms with van der Waals surface area (Å²) in [6, 6.07) is 0. The number of hydrogen-bond donors (Lipinski definition) is 1. The van der Waals surface area contributed by atoms with Crippen molar-refractivity contribution in [2.24, 2.45) is 0 Å². The Kier molecular flexibility index (Phi) is 6.64. The van der Waals surface area contributed by atoms with Crippen LogP contribution >= 0.6 is 0 Å². The number of hydrogen-bond acceptors (Lipinski definition) is 3. The number of rotatable bonds is 8. The molecule has 1 unspecified atom stereocenters. The van der Waals surface area contributed by atoms with Crippen molar-refractivity contribution >= 4 is 0 Å². The van der Waals surface area contributed by atoms with Crippen molar-refractivity contribution in [1.29, 1.82) is 0 Å². The minimum Gasteiger partial charge on any atom is -0.389 e. The van der Waals surface area contributed by atoms with Crippen LogP contribution in [0.3, 0.4) is 0 Å².